The van der Waals surface area contributed by atoms with Gasteiger partial charge in [-0.2, -0.15) is 0 Å². The molecule has 0 bridgehead atoms. The molecule has 0 fully saturated rings. The highest BCUT2D eigenvalue weighted by Crippen LogP contribution is 2.25. The maximum absolute atomic E-state index is 12.7. The van der Waals surface area contributed by atoms with Crippen LogP contribution in [0.1, 0.15) is 23.2 Å². The third kappa shape index (κ3) is 6.70. The third-order valence-corrected chi connectivity index (χ3v) is 4.31. The molecule has 3 amide bonds. The lowest BCUT2D eigenvalue weighted by Gasteiger charge is -2.12. The molecule has 4 N–H and O–H groups in total. The van der Waals surface area contributed by atoms with Gasteiger partial charge in [0.15, 0.2) is 0 Å². The van der Waals surface area contributed by atoms with Crippen LogP contribution < -0.4 is 21.1 Å². The van der Waals surface area contributed by atoms with Gasteiger partial charge in [0, 0.05) is 36.6 Å². The molecule has 0 radical (unpaired) electrons. The van der Waals surface area contributed by atoms with Crippen LogP contribution in [0.25, 0.3) is 0 Å². The number of imidazole rings is 1. The Labute approximate surface area is 179 Å². The molecule has 0 spiro atoms. The number of ether oxygens (including phenoxy) is 1. The van der Waals surface area contributed by atoms with E-state index < -0.39 is 5.91 Å². The number of nitrogens with zero attached hydrogens (tertiary/aromatic N) is 2. The van der Waals surface area contributed by atoms with Gasteiger partial charge in [-0.05, 0) is 30.3 Å². The summed E-state index contributed by atoms with van der Waals surface area (Å²) in [6.45, 7) is 0.626. The quantitative estimate of drug-likeness (QED) is 0.463. The van der Waals surface area contributed by atoms with E-state index >= 15 is 0 Å². The Balaban J connectivity index is 1.60. The minimum atomic E-state index is -0.467. The number of carbonyl (C=O) groups excluding carboxylic acids is 3. The molecular formula is C22H23N5O4. The van der Waals surface area contributed by atoms with Gasteiger partial charge in [0.2, 0.25) is 11.8 Å². The fourth-order valence-corrected chi connectivity index (χ4v) is 2.76. The summed E-state index contributed by atoms with van der Waals surface area (Å²) in [6.07, 6.45) is 5.44. The maximum atomic E-state index is 12.7. The van der Waals surface area contributed by atoms with Crippen LogP contribution in [0.2, 0.25) is 0 Å². The largest absolute Gasteiger partial charge is 0.491 e. The van der Waals surface area contributed by atoms with E-state index in [1.54, 1.807) is 67.3 Å². The monoisotopic (exact) mass is 421 g/mol. The molecule has 0 saturated carbocycles. The Bertz CT molecular complexity index is 1050. The number of nitrogens with one attached hydrogen (secondary N) is 2. The topological polar surface area (TPSA) is 128 Å². The predicted octanol–water partition coefficient (Wildman–Crippen LogP) is 2.42. The fraction of sp³-hybridized carbons (Fsp3) is 0.182. The summed E-state index contributed by atoms with van der Waals surface area (Å²) in [6, 6.07) is 13.5. The minimum absolute atomic E-state index is 0.0743. The predicted molar refractivity (Wildman–Crippen MR) is 116 cm³/mol. The van der Waals surface area contributed by atoms with Crippen molar-refractivity contribution in [2.24, 2.45) is 5.73 Å². The van der Waals surface area contributed by atoms with Gasteiger partial charge in [0.25, 0.3) is 5.91 Å². The zero-order valence-corrected chi connectivity index (χ0v) is 16.8. The molecular weight excluding hydrogens is 398 g/mol. The lowest BCUT2D eigenvalue weighted by molar-refractivity contribution is -0.118. The Morgan fingerprint density at radius 2 is 1.87 bits per heavy atom. The van der Waals surface area contributed by atoms with Crippen molar-refractivity contribution in [2.45, 2.75) is 19.4 Å². The standard InChI is InChI=1S/C22H23N5O4/c23-20(28)9-13-31-19-7-2-1-6-18(19)26-22(30)16-4-3-5-17(14-16)25-21(29)8-11-27-12-10-24-15-27/h1-7,10,12,14-15H,8-9,11,13H2,(H2,23,28)(H,25,29)(H,26,30). The molecule has 0 aliphatic heterocycles. The molecule has 0 unspecified atom stereocenters. The molecule has 1 aromatic heterocycles. The molecule has 3 rings (SSSR count). The van der Waals surface area contributed by atoms with Gasteiger partial charge in [0.05, 0.1) is 25.0 Å². The van der Waals surface area contributed by atoms with E-state index in [1.807, 2.05) is 4.57 Å². The van der Waals surface area contributed by atoms with E-state index in [0.29, 0.717) is 29.2 Å². The number of para-hydroxylation sites is 2. The molecule has 1 heterocycles. The molecule has 0 atom stereocenters. The summed E-state index contributed by atoms with van der Waals surface area (Å²) in [5.41, 5.74) is 6.48. The van der Waals surface area contributed by atoms with E-state index in [-0.39, 0.29) is 31.3 Å². The molecule has 0 aliphatic carbocycles. The first-order valence-electron chi connectivity index (χ1n) is 9.68. The summed E-state index contributed by atoms with van der Waals surface area (Å²) in [4.78, 5) is 39.7. The number of aryl methyl sites for hydroxylation is 1. The zero-order chi connectivity index (χ0) is 22.1. The third-order valence-electron chi connectivity index (χ3n) is 4.31. The summed E-state index contributed by atoms with van der Waals surface area (Å²) in [5.74, 6) is -0.564. The van der Waals surface area contributed by atoms with Crippen molar-refractivity contribution < 1.29 is 19.1 Å². The molecule has 160 valence electrons. The fourth-order valence-electron chi connectivity index (χ4n) is 2.76. The van der Waals surface area contributed by atoms with Crippen LogP contribution in [0.5, 0.6) is 5.75 Å². The first-order chi connectivity index (χ1) is 15.0. The summed E-state index contributed by atoms with van der Waals surface area (Å²) in [5, 5.41) is 5.58. The van der Waals surface area contributed by atoms with E-state index in [9.17, 15) is 14.4 Å². The number of anilines is 2. The van der Waals surface area contributed by atoms with Crippen molar-refractivity contribution in [3.8, 4) is 5.75 Å². The van der Waals surface area contributed by atoms with Crippen molar-refractivity contribution in [3.63, 3.8) is 0 Å². The highest BCUT2D eigenvalue weighted by molar-refractivity contribution is 6.06. The zero-order valence-electron chi connectivity index (χ0n) is 16.8. The van der Waals surface area contributed by atoms with Crippen molar-refractivity contribution in [1.82, 2.24) is 9.55 Å². The van der Waals surface area contributed by atoms with Gasteiger partial charge in [-0.1, -0.05) is 18.2 Å². The average molecular weight is 421 g/mol. The second kappa shape index (κ2) is 10.6. The number of nitrogens with two attached hydrogens (primary N) is 1. The second-order valence-electron chi connectivity index (χ2n) is 6.69. The number of primary amides is 1. The molecule has 2 aromatic carbocycles. The van der Waals surface area contributed by atoms with E-state index in [0.717, 1.165) is 0 Å². The number of hydrogen-bond acceptors (Lipinski definition) is 5. The lowest BCUT2D eigenvalue weighted by Crippen LogP contribution is -2.17. The first-order valence-corrected chi connectivity index (χ1v) is 9.68. The maximum Gasteiger partial charge on any atom is 0.255 e. The lowest BCUT2D eigenvalue weighted by atomic mass is 10.1. The average Bonchev–Trinajstić information content (AvgIpc) is 3.27. The van der Waals surface area contributed by atoms with E-state index in [1.165, 1.54) is 0 Å². The molecule has 3 aromatic rings. The van der Waals surface area contributed by atoms with Crippen LogP contribution in [0.4, 0.5) is 11.4 Å². The Hall–Kier alpha value is -4.14. The molecule has 9 heteroatoms. The number of hydrogen-bond donors (Lipinski definition) is 3. The van der Waals surface area contributed by atoms with Crippen LogP contribution in [0, 0.1) is 0 Å². The summed E-state index contributed by atoms with van der Waals surface area (Å²) >= 11 is 0. The summed E-state index contributed by atoms with van der Waals surface area (Å²) in [7, 11) is 0. The van der Waals surface area contributed by atoms with Crippen molar-refractivity contribution in [3.05, 3.63) is 72.8 Å². The molecule has 31 heavy (non-hydrogen) atoms. The van der Waals surface area contributed by atoms with Crippen molar-refractivity contribution in [1.29, 1.82) is 0 Å². The van der Waals surface area contributed by atoms with Gasteiger partial charge in [-0.25, -0.2) is 4.98 Å². The van der Waals surface area contributed by atoms with Gasteiger partial charge < -0.3 is 25.7 Å². The van der Waals surface area contributed by atoms with Crippen LogP contribution in [-0.2, 0) is 16.1 Å². The number of benzene rings is 2. The number of amides is 3. The highest BCUT2D eigenvalue weighted by atomic mass is 16.5. The van der Waals surface area contributed by atoms with Gasteiger partial charge in [-0.3, -0.25) is 14.4 Å². The second-order valence-corrected chi connectivity index (χ2v) is 6.69. The van der Waals surface area contributed by atoms with Crippen LogP contribution in [-0.4, -0.2) is 33.9 Å². The Morgan fingerprint density at radius 3 is 2.65 bits per heavy atom. The number of carbonyl (C=O) groups is 3. The first kappa shape index (κ1) is 21.6. The van der Waals surface area contributed by atoms with Gasteiger partial charge in [0.1, 0.15) is 5.75 Å². The van der Waals surface area contributed by atoms with Crippen LogP contribution >= 0.6 is 0 Å². The Kier molecular flexibility index (Phi) is 7.36. The van der Waals surface area contributed by atoms with Crippen molar-refractivity contribution >= 4 is 29.1 Å². The van der Waals surface area contributed by atoms with Gasteiger partial charge >= 0.3 is 0 Å². The smallest absolute Gasteiger partial charge is 0.255 e. The van der Waals surface area contributed by atoms with E-state index in [2.05, 4.69) is 15.6 Å². The molecule has 9 nitrogen and oxygen atoms in total. The SMILES string of the molecule is NC(=O)CCOc1ccccc1NC(=O)c1cccc(NC(=O)CCn2ccnc2)c1. The normalized spacial score (nSPS) is 10.3. The minimum Gasteiger partial charge on any atom is -0.491 e. The van der Waals surface area contributed by atoms with Crippen LogP contribution in [0.3, 0.4) is 0 Å². The van der Waals surface area contributed by atoms with Crippen molar-refractivity contribution in [2.75, 3.05) is 17.2 Å². The Morgan fingerprint density at radius 1 is 1.03 bits per heavy atom. The summed E-state index contributed by atoms with van der Waals surface area (Å²) < 4.78 is 7.35. The number of rotatable bonds is 10. The molecule has 0 saturated heterocycles. The number of aromatic nitrogens is 2. The molecule has 0 aliphatic rings. The van der Waals surface area contributed by atoms with E-state index in [4.69, 9.17) is 10.5 Å². The van der Waals surface area contributed by atoms with Crippen LogP contribution in [0.15, 0.2) is 67.3 Å². The van der Waals surface area contributed by atoms with Gasteiger partial charge in [-0.15, -0.1) is 0 Å². The highest BCUT2D eigenvalue weighted by Gasteiger charge is 2.12.